The van der Waals surface area contributed by atoms with Gasteiger partial charge < -0.3 is 9.84 Å². The number of benzene rings is 2. The molecule has 2 aliphatic rings. The Kier molecular flexibility index (Phi) is 5.89. The van der Waals surface area contributed by atoms with Crippen molar-refractivity contribution in [3.63, 3.8) is 0 Å². The van der Waals surface area contributed by atoms with Gasteiger partial charge in [0.05, 0.1) is 12.7 Å². The number of rotatable bonds is 6. The number of ether oxygens (including phenoxy) is 1. The fourth-order valence-electron chi connectivity index (χ4n) is 4.13. The summed E-state index contributed by atoms with van der Waals surface area (Å²) >= 11 is 0. The van der Waals surface area contributed by atoms with Crippen LogP contribution < -0.4 is 0 Å². The third-order valence-corrected chi connectivity index (χ3v) is 5.71. The van der Waals surface area contributed by atoms with Crippen molar-refractivity contribution in [3.05, 3.63) is 70.8 Å². The topological polar surface area (TPSA) is 39.2 Å². The molecule has 144 valence electrons. The van der Waals surface area contributed by atoms with Crippen molar-refractivity contribution in [3.8, 4) is 0 Å². The molecule has 0 aromatic heterocycles. The van der Waals surface area contributed by atoms with Crippen molar-refractivity contribution >= 4 is 0 Å². The maximum absolute atomic E-state index is 10.0. The van der Waals surface area contributed by atoms with Crippen molar-refractivity contribution in [1.29, 1.82) is 0 Å². The Bertz CT molecular complexity index is 702. The van der Waals surface area contributed by atoms with Gasteiger partial charge in [-0.15, -0.1) is 0 Å². The monoisotopic (exact) mass is 366 g/mol. The highest BCUT2D eigenvalue weighted by Crippen LogP contribution is 2.32. The molecular formula is C23H30N2O2. The first-order chi connectivity index (χ1) is 13.2. The quantitative estimate of drug-likeness (QED) is 0.794. The van der Waals surface area contributed by atoms with Gasteiger partial charge in [0.2, 0.25) is 0 Å². The molecule has 2 aromatic rings. The highest BCUT2D eigenvalue weighted by atomic mass is 16.6. The zero-order valence-corrected chi connectivity index (χ0v) is 16.2. The van der Waals surface area contributed by atoms with Gasteiger partial charge >= 0.3 is 0 Å². The minimum Gasteiger partial charge on any atom is -0.389 e. The standard InChI is InChI=1S/C23H30N2O2/c1-18(26)21-9-4-2-7-19(21)15-24-11-6-12-25(14-13-24)16-20-8-3-5-10-22(20)23-17-27-23/h2-5,7-10,18,23,26H,6,11-17H2,1H3. The van der Waals surface area contributed by atoms with Gasteiger partial charge in [-0.25, -0.2) is 0 Å². The minimum atomic E-state index is -0.411. The molecule has 2 unspecified atom stereocenters. The zero-order valence-electron chi connectivity index (χ0n) is 16.2. The predicted molar refractivity (Wildman–Crippen MR) is 107 cm³/mol. The molecule has 0 radical (unpaired) electrons. The van der Waals surface area contributed by atoms with Crippen LogP contribution in [0.25, 0.3) is 0 Å². The average molecular weight is 367 g/mol. The molecular weight excluding hydrogens is 336 g/mol. The third kappa shape index (κ3) is 4.77. The van der Waals surface area contributed by atoms with Gasteiger partial charge in [0, 0.05) is 26.2 Å². The third-order valence-electron chi connectivity index (χ3n) is 5.71. The van der Waals surface area contributed by atoms with Crippen LogP contribution in [-0.4, -0.2) is 47.7 Å². The molecule has 2 aliphatic heterocycles. The van der Waals surface area contributed by atoms with Crippen LogP contribution in [0.3, 0.4) is 0 Å². The Labute approximate surface area is 162 Å². The Morgan fingerprint density at radius 1 is 0.926 bits per heavy atom. The van der Waals surface area contributed by atoms with Gasteiger partial charge in [-0.05, 0) is 48.7 Å². The van der Waals surface area contributed by atoms with E-state index < -0.39 is 6.10 Å². The zero-order chi connectivity index (χ0) is 18.6. The molecule has 0 bridgehead atoms. The summed E-state index contributed by atoms with van der Waals surface area (Å²) in [4.78, 5) is 5.10. The minimum absolute atomic E-state index is 0.321. The summed E-state index contributed by atoms with van der Waals surface area (Å²) in [5.74, 6) is 0. The van der Waals surface area contributed by atoms with Gasteiger partial charge in [0.1, 0.15) is 6.10 Å². The lowest BCUT2D eigenvalue weighted by Gasteiger charge is -2.24. The van der Waals surface area contributed by atoms with E-state index in [1.165, 1.54) is 23.1 Å². The molecule has 4 heteroatoms. The largest absolute Gasteiger partial charge is 0.389 e. The second-order valence-corrected chi connectivity index (χ2v) is 7.80. The average Bonchev–Trinajstić information content (AvgIpc) is 3.52. The van der Waals surface area contributed by atoms with Crippen LogP contribution >= 0.6 is 0 Å². The van der Waals surface area contributed by atoms with E-state index in [1.807, 2.05) is 19.1 Å². The van der Waals surface area contributed by atoms with E-state index in [1.54, 1.807) is 0 Å². The summed E-state index contributed by atoms with van der Waals surface area (Å²) in [6.45, 7) is 9.03. The van der Waals surface area contributed by atoms with Crippen LogP contribution in [-0.2, 0) is 17.8 Å². The van der Waals surface area contributed by atoms with Crippen LogP contribution in [0, 0.1) is 0 Å². The Hall–Kier alpha value is -1.72. The molecule has 1 N–H and O–H groups in total. The molecule has 2 heterocycles. The molecule has 2 fully saturated rings. The molecule has 4 rings (SSSR count). The highest BCUT2D eigenvalue weighted by Gasteiger charge is 2.27. The van der Waals surface area contributed by atoms with Gasteiger partial charge in [-0.1, -0.05) is 48.5 Å². The SMILES string of the molecule is CC(O)c1ccccc1CN1CCCN(Cc2ccccc2C2CO2)CC1. The molecule has 0 amide bonds. The first-order valence-corrected chi connectivity index (χ1v) is 10.1. The fraction of sp³-hybridized carbons (Fsp3) is 0.478. The molecule has 27 heavy (non-hydrogen) atoms. The number of epoxide rings is 1. The van der Waals surface area contributed by atoms with E-state index in [9.17, 15) is 5.11 Å². The number of hydrogen-bond acceptors (Lipinski definition) is 4. The normalized spacial score (nSPS) is 22.4. The smallest absolute Gasteiger partial charge is 0.106 e. The summed E-state index contributed by atoms with van der Waals surface area (Å²) in [7, 11) is 0. The van der Waals surface area contributed by atoms with E-state index in [-0.39, 0.29) is 0 Å². The summed E-state index contributed by atoms with van der Waals surface area (Å²) in [5, 5.41) is 10.0. The van der Waals surface area contributed by atoms with Gasteiger partial charge in [0.15, 0.2) is 0 Å². The Morgan fingerprint density at radius 3 is 2.19 bits per heavy atom. The number of nitrogens with zero attached hydrogens (tertiary/aromatic N) is 2. The fourth-order valence-corrected chi connectivity index (χ4v) is 4.13. The maximum Gasteiger partial charge on any atom is 0.106 e. The van der Waals surface area contributed by atoms with Gasteiger partial charge in [-0.3, -0.25) is 9.80 Å². The van der Waals surface area contributed by atoms with Crippen LogP contribution in [0.4, 0.5) is 0 Å². The second kappa shape index (κ2) is 8.53. The number of aliphatic hydroxyl groups excluding tert-OH is 1. The van der Waals surface area contributed by atoms with Crippen LogP contribution in [0.5, 0.6) is 0 Å². The van der Waals surface area contributed by atoms with E-state index in [0.717, 1.165) is 51.4 Å². The molecule has 0 aliphatic carbocycles. The summed E-state index contributed by atoms with van der Waals surface area (Å²) in [6, 6.07) is 17.0. The van der Waals surface area contributed by atoms with Crippen molar-refractivity contribution in [2.24, 2.45) is 0 Å². The molecule has 0 spiro atoms. The first kappa shape index (κ1) is 18.6. The van der Waals surface area contributed by atoms with E-state index in [0.29, 0.717) is 6.10 Å². The maximum atomic E-state index is 10.0. The number of hydrogen-bond donors (Lipinski definition) is 1. The van der Waals surface area contributed by atoms with Crippen molar-refractivity contribution in [2.45, 2.75) is 38.6 Å². The van der Waals surface area contributed by atoms with Gasteiger partial charge in [0.25, 0.3) is 0 Å². The second-order valence-electron chi connectivity index (χ2n) is 7.80. The number of aliphatic hydroxyl groups is 1. The Morgan fingerprint density at radius 2 is 1.52 bits per heavy atom. The highest BCUT2D eigenvalue weighted by molar-refractivity contribution is 5.31. The lowest BCUT2D eigenvalue weighted by Crippen LogP contribution is -2.30. The first-order valence-electron chi connectivity index (χ1n) is 10.1. The van der Waals surface area contributed by atoms with Crippen molar-refractivity contribution in [1.82, 2.24) is 9.80 Å². The summed E-state index contributed by atoms with van der Waals surface area (Å²) in [6.07, 6.45) is 1.09. The van der Waals surface area contributed by atoms with Crippen molar-refractivity contribution < 1.29 is 9.84 Å². The lowest BCUT2D eigenvalue weighted by molar-refractivity contribution is 0.194. The molecule has 2 atom stereocenters. The molecule has 2 aromatic carbocycles. The molecule has 4 nitrogen and oxygen atoms in total. The van der Waals surface area contributed by atoms with E-state index in [2.05, 4.69) is 46.2 Å². The molecule has 0 saturated carbocycles. The predicted octanol–water partition coefficient (Wildman–Crippen LogP) is 3.52. The van der Waals surface area contributed by atoms with Crippen molar-refractivity contribution in [2.75, 3.05) is 32.8 Å². The summed E-state index contributed by atoms with van der Waals surface area (Å²) < 4.78 is 5.52. The van der Waals surface area contributed by atoms with Crippen LogP contribution in [0.2, 0.25) is 0 Å². The summed E-state index contributed by atoms with van der Waals surface area (Å²) in [5.41, 5.74) is 5.08. The van der Waals surface area contributed by atoms with E-state index >= 15 is 0 Å². The molecule has 2 saturated heterocycles. The van der Waals surface area contributed by atoms with E-state index in [4.69, 9.17) is 4.74 Å². The van der Waals surface area contributed by atoms with Crippen LogP contribution in [0.1, 0.15) is 47.8 Å². The Balaban J connectivity index is 1.37. The van der Waals surface area contributed by atoms with Gasteiger partial charge in [-0.2, -0.15) is 0 Å². The lowest BCUT2D eigenvalue weighted by atomic mass is 10.0. The van der Waals surface area contributed by atoms with Crippen LogP contribution in [0.15, 0.2) is 48.5 Å².